The molecular formula is C32H30N4O4. The molecule has 0 spiro atoms. The SMILES string of the molecule is Cc1c(NC(C/C=C/C(=O)c2c(O)c3ccccc3n(C)c2=O)c2ccccc2)c(=O)n(-c2ccccc2)n1C. The van der Waals surface area contributed by atoms with Gasteiger partial charge in [-0.05, 0) is 49.2 Å². The average Bonchev–Trinajstić information content (AvgIpc) is 3.19. The molecule has 0 saturated carbocycles. The quantitative estimate of drug-likeness (QED) is 0.215. The summed E-state index contributed by atoms with van der Waals surface area (Å²) >= 11 is 0. The number of hydrogen-bond donors (Lipinski definition) is 2. The molecule has 0 aliphatic heterocycles. The van der Waals surface area contributed by atoms with Gasteiger partial charge in [-0.1, -0.05) is 66.7 Å². The Morgan fingerprint density at radius 1 is 0.900 bits per heavy atom. The Bertz CT molecular complexity index is 1850. The van der Waals surface area contributed by atoms with Crippen molar-refractivity contribution >= 4 is 22.4 Å². The molecule has 0 amide bonds. The summed E-state index contributed by atoms with van der Waals surface area (Å²) in [6.45, 7) is 1.88. The number of carbonyl (C=O) groups is 1. The molecule has 8 heteroatoms. The van der Waals surface area contributed by atoms with Gasteiger partial charge in [-0.3, -0.25) is 19.1 Å². The molecule has 2 aromatic heterocycles. The molecule has 40 heavy (non-hydrogen) atoms. The monoisotopic (exact) mass is 534 g/mol. The van der Waals surface area contributed by atoms with Gasteiger partial charge in [-0.2, -0.15) is 0 Å². The van der Waals surface area contributed by atoms with Gasteiger partial charge in [0.25, 0.3) is 11.1 Å². The van der Waals surface area contributed by atoms with Gasteiger partial charge in [0, 0.05) is 19.5 Å². The van der Waals surface area contributed by atoms with Crippen molar-refractivity contribution in [1.82, 2.24) is 13.9 Å². The largest absolute Gasteiger partial charge is 0.506 e. The standard InChI is InChI=1S/C32H30N4O4/c1-21-29(32(40)36(35(21)3)23-15-8-5-9-16-23)33-25(22-13-6-4-7-14-22)18-12-20-27(37)28-30(38)24-17-10-11-19-26(24)34(2)31(28)39/h4-17,19-20,25,33,38H,18H2,1-3H3/b20-12+. The molecule has 8 nitrogen and oxygen atoms in total. The molecule has 1 unspecified atom stereocenters. The number of fused-ring (bicyclic) bond motifs is 1. The maximum Gasteiger partial charge on any atom is 0.295 e. The summed E-state index contributed by atoms with van der Waals surface area (Å²) in [5, 5.41) is 14.6. The molecule has 2 N–H and O–H groups in total. The number of aryl methyl sites for hydroxylation is 1. The van der Waals surface area contributed by atoms with E-state index in [0.717, 1.165) is 16.9 Å². The van der Waals surface area contributed by atoms with Gasteiger partial charge in [0.05, 0.1) is 22.9 Å². The number of rotatable bonds is 8. The molecule has 0 fully saturated rings. The summed E-state index contributed by atoms with van der Waals surface area (Å²) < 4.78 is 4.78. The number of hydrogen-bond acceptors (Lipinski definition) is 5. The van der Waals surface area contributed by atoms with E-state index in [1.165, 1.54) is 10.6 Å². The van der Waals surface area contributed by atoms with Crippen LogP contribution in [0.1, 0.15) is 34.1 Å². The molecule has 5 aromatic rings. The summed E-state index contributed by atoms with van der Waals surface area (Å²) in [5.41, 5.74) is 2.43. The van der Waals surface area contributed by atoms with Gasteiger partial charge in [-0.25, -0.2) is 4.68 Å². The number of para-hydroxylation sites is 2. The fraction of sp³-hybridized carbons (Fsp3) is 0.156. The van der Waals surface area contributed by atoms with Gasteiger partial charge in [0.2, 0.25) is 0 Å². The second-order valence-electron chi connectivity index (χ2n) is 9.65. The minimum Gasteiger partial charge on any atom is -0.506 e. The van der Waals surface area contributed by atoms with Crippen molar-refractivity contribution in [3.63, 3.8) is 0 Å². The fourth-order valence-corrected chi connectivity index (χ4v) is 4.97. The van der Waals surface area contributed by atoms with Crippen LogP contribution in [0.5, 0.6) is 5.75 Å². The van der Waals surface area contributed by atoms with Crippen LogP contribution in [0.2, 0.25) is 0 Å². The predicted molar refractivity (Wildman–Crippen MR) is 157 cm³/mol. The molecule has 1 atom stereocenters. The van der Waals surface area contributed by atoms with Gasteiger partial charge in [0.15, 0.2) is 5.78 Å². The lowest BCUT2D eigenvalue weighted by Crippen LogP contribution is -2.24. The van der Waals surface area contributed by atoms with E-state index in [-0.39, 0.29) is 22.9 Å². The minimum atomic E-state index is -0.585. The minimum absolute atomic E-state index is 0.184. The number of carbonyl (C=O) groups excluding carboxylic acids is 1. The maximum absolute atomic E-state index is 13.5. The first-order valence-electron chi connectivity index (χ1n) is 13.0. The van der Waals surface area contributed by atoms with Crippen LogP contribution in [0.4, 0.5) is 5.69 Å². The van der Waals surface area contributed by atoms with Crippen molar-refractivity contribution in [2.75, 3.05) is 5.32 Å². The molecule has 0 radical (unpaired) electrons. The Kier molecular flexibility index (Phi) is 7.25. The van der Waals surface area contributed by atoms with Gasteiger partial charge >= 0.3 is 0 Å². The van der Waals surface area contributed by atoms with Crippen molar-refractivity contribution in [2.45, 2.75) is 19.4 Å². The zero-order chi connectivity index (χ0) is 28.4. The molecule has 202 valence electrons. The summed E-state index contributed by atoms with van der Waals surface area (Å²) in [4.78, 5) is 39.6. The van der Waals surface area contributed by atoms with Crippen LogP contribution in [-0.4, -0.2) is 24.8 Å². The first kappa shape index (κ1) is 26.5. The topological polar surface area (TPSA) is 98.3 Å². The van der Waals surface area contributed by atoms with Crippen LogP contribution >= 0.6 is 0 Å². The molecule has 0 aliphatic rings. The van der Waals surface area contributed by atoms with Crippen LogP contribution in [0.15, 0.2) is 107 Å². The number of anilines is 1. The number of aromatic hydroxyl groups is 1. The number of nitrogens with one attached hydrogen (secondary N) is 1. The first-order valence-corrected chi connectivity index (χ1v) is 13.0. The average molecular weight is 535 g/mol. The van der Waals surface area contributed by atoms with Crippen molar-refractivity contribution in [1.29, 1.82) is 0 Å². The molecule has 0 aliphatic carbocycles. The fourth-order valence-electron chi connectivity index (χ4n) is 4.97. The summed E-state index contributed by atoms with van der Waals surface area (Å²) in [5.74, 6) is -0.912. The van der Waals surface area contributed by atoms with Crippen LogP contribution in [-0.2, 0) is 14.1 Å². The Balaban J connectivity index is 1.47. The second-order valence-corrected chi connectivity index (χ2v) is 9.65. The Morgan fingerprint density at radius 3 is 2.23 bits per heavy atom. The van der Waals surface area contributed by atoms with E-state index in [1.807, 2.05) is 74.6 Å². The lowest BCUT2D eigenvalue weighted by molar-refractivity contribution is 0.104. The van der Waals surface area contributed by atoms with Crippen LogP contribution in [0, 0.1) is 6.92 Å². The van der Waals surface area contributed by atoms with E-state index in [9.17, 15) is 19.5 Å². The number of aromatic nitrogens is 3. The third-order valence-corrected chi connectivity index (χ3v) is 7.24. The highest BCUT2D eigenvalue weighted by Gasteiger charge is 2.21. The van der Waals surface area contributed by atoms with Crippen LogP contribution in [0.3, 0.4) is 0 Å². The highest BCUT2D eigenvalue weighted by molar-refractivity contribution is 6.09. The number of benzene rings is 3. The maximum atomic E-state index is 13.5. The van der Waals surface area contributed by atoms with Gasteiger partial charge in [-0.15, -0.1) is 0 Å². The lowest BCUT2D eigenvalue weighted by Gasteiger charge is -2.18. The zero-order valence-corrected chi connectivity index (χ0v) is 22.5. The predicted octanol–water partition coefficient (Wildman–Crippen LogP) is 5.02. The van der Waals surface area contributed by atoms with Crippen molar-refractivity contribution < 1.29 is 9.90 Å². The van der Waals surface area contributed by atoms with E-state index in [4.69, 9.17) is 0 Å². The Morgan fingerprint density at radius 2 is 1.52 bits per heavy atom. The van der Waals surface area contributed by atoms with E-state index in [0.29, 0.717) is 23.0 Å². The normalized spacial score (nSPS) is 12.2. The highest BCUT2D eigenvalue weighted by Crippen LogP contribution is 2.27. The Labute approximate surface area is 231 Å². The smallest absolute Gasteiger partial charge is 0.295 e. The molecule has 5 rings (SSSR count). The van der Waals surface area contributed by atoms with E-state index in [1.54, 1.807) is 46.8 Å². The zero-order valence-electron chi connectivity index (χ0n) is 22.5. The van der Waals surface area contributed by atoms with Crippen molar-refractivity contribution in [3.05, 3.63) is 135 Å². The third-order valence-electron chi connectivity index (χ3n) is 7.24. The lowest BCUT2D eigenvalue weighted by atomic mass is 10.0. The van der Waals surface area contributed by atoms with Crippen LogP contribution in [0.25, 0.3) is 16.6 Å². The highest BCUT2D eigenvalue weighted by atomic mass is 16.3. The molecule has 0 saturated heterocycles. The van der Waals surface area contributed by atoms with Crippen molar-refractivity contribution in [2.24, 2.45) is 14.1 Å². The van der Waals surface area contributed by atoms with E-state index >= 15 is 0 Å². The molecule has 3 aromatic carbocycles. The van der Waals surface area contributed by atoms with E-state index in [2.05, 4.69) is 5.32 Å². The summed E-state index contributed by atoms with van der Waals surface area (Å²) in [6.07, 6.45) is 3.32. The molecule has 0 bridgehead atoms. The number of nitrogens with zero attached hydrogens (tertiary/aromatic N) is 3. The Hall–Kier alpha value is -5.11. The number of pyridine rings is 1. The van der Waals surface area contributed by atoms with Gasteiger partial charge in [0.1, 0.15) is 17.0 Å². The molecular weight excluding hydrogens is 504 g/mol. The number of ketones is 1. The second kappa shape index (κ2) is 10.9. The first-order chi connectivity index (χ1) is 19.3. The molecule has 2 heterocycles. The summed E-state index contributed by atoms with van der Waals surface area (Å²) in [6, 6.07) is 25.6. The number of allylic oxidation sites excluding steroid dienone is 1. The third kappa shape index (κ3) is 4.75. The summed E-state index contributed by atoms with van der Waals surface area (Å²) in [7, 11) is 3.41. The van der Waals surface area contributed by atoms with Crippen molar-refractivity contribution in [3.8, 4) is 11.4 Å². The van der Waals surface area contributed by atoms with E-state index < -0.39 is 11.3 Å². The van der Waals surface area contributed by atoms with Gasteiger partial charge < -0.3 is 15.0 Å². The van der Waals surface area contributed by atoms with Crippen LogP contribution < -0.4 is 16.4 Å².